The van der Waals surface area contributed by atoms with Crippen LogP contribution in [-0.4, -0.2) is 15.0 Å². The summed E-state index contributed by atoms with van der Waals surface area (Å²) in [5.74, 6) is 4.22. The Bertz CT molecular complexity index is 2880. The van der Waals surface area contributed by atoms with Gasteiger partial charge in [-0.3, -0.25) is 0 Å². The number of nitrogens with zero attached hydrogens (tertiary/aromatic N) is 3. The largest absolute Gasteiger partial charge is 0.455 e. The number of para-hydroxylation sites is 4. The highest BCUT2D eigenvalue weighted by Crippen LogP contribution is 2.54. The molecule has 2 saturated carbocycles. The van der Waals surface area contributed by atoms with Gasteiger partial charge in [0.1, 0.15) is 22.3 Å². The van der Waals surface area contributed by atoms with Gasteiger partial charge in [0.15, 0.2) is 17.5 Å². The average molecular weight is 716 g/mol. The average Bonchev–Trinajstić information content (AvgIpc) is 3.79. The summed E-state index contributed by atoms with van der Waals surface area (Å²) >= 11 is 0. The number of hydrogen-bond donors (Lipinski definition) is 0. The highest BCUT2D eigenvalue weighted by atomic mass is 16.3. The SMILES string of the molecule is CC1CC2CC(C)CC(c3ccc(-c4nc(-c5ccc(-c6cccc7c6oc6ccccc67)cc5)nc(-c5cccc6c5oc5ccccc56)n4)cc3)(C1)C2. The number of aromatic nitrogens is 3. The molecule has 2 bridgehead atoms. The molecule has 0 radical (unpaired) electrons. The lowest BCUT2D eigenvalue weighted by Gasteiger charge is -2.50. The zero-order chi connectivity index (χ0) is 36.7. The van der Waals surface area contributed by atoms with Gasteiger partial charge in [-0.1, -0.05) is 129 Å². The van der Waals surface area contributed by atoms with E-state index in [9.17, 15) is 0 Å². The van der Waals surface area contributed by atoms with Crippen molar-refractivity contribution in [1.82, 2.24) is 15.0 Å². The summed E-state index contributed by atoms with van der Waals surface area (Å²) in [4.78, 5) is 15.5. The molecule has 268 valence electrons. The predicted octanol–water partition coefficient (Wildman–Crippen LogP) is 13.4. The topological polar surface area (TPSA) is 65.0 Å². The minimum absolute atomic E-state index is 0.263. The van der Waals surface area contributed by atoms with E-state index < -0.39 is 0 Å². The van der Waals surface area contributed by atoms with Crippen LogP contribution in [0.5, 0.6) is 0 Å². The highest BCUT2D eigenvalue weighted by Gasteiger charge is 2.45. The Morgan fingerprint density at radius 2 is 0.927 bits per heavy atom. The van der Waals surface area contributed by atoms with Gasteiger partial charge < -0.3 is 8.83 Å². The summed E-state index contributed by atoms with van der Waals surface area (Å²) in [6.45, 7) is 4.90. The minimum Gasteiger partial charge on any atom is -0.455 e. The number of hydrogen-bond acceptors (Lipinski definition) is 5. The fraction of sp³-hybridized carbons (Fsp3) is 0.220. The second-order valence-corrected chi connectivity index (χ2v) is 16.5. The first-order chi connectivity index (χ1) is 27.0. The van der Waals surface area contributed by atoms with Crippen molar-refractivity contribution in [1.29, 1.82) is 0 Å². The molecule has 0 N–H and O–H groups in total. The van der Waals surface area contributed by atoms with Crippen molar-refractivity contribution < 1.29 is 8.83 Å². The fourth-order valence-electron chi connectivity index (χ4n) is 10.5. The van der Waals surface area contributed by atoms with Gasteiger partial charge in [0.05, 0.1) is 5.56 Å². The molecule has 11 rings (SSSR count). The van der Waals surface area contributed by atoms with E-state index in [-0.39, 0.29) is 5.41 Å². The molecular weight excluding hydrogens is 675 g/mol. The molecule has 2 aliphatic carbocycles. The van der Waals surface area contributed by atoms with Crippen LogP contribution in [0.3, 0.4) is 0 Å². The first kappa shape index (κ1) is 32.4. The zero-order valence-corrected chi connectivity index (χ0v) is 31.1. The third kappa shape index (κ3) is 5.39. The molecule has 0 aliphatic heterocycles. The first-order valence-electron chi connectivity index (χ1n) is 19.8. The van der Waals surface area contributed by atoms with E-state index >= 15 is 0 Å². The van der Waals surface area contributed by atoms with E-state index in [0.29, 0.717) is 17.5 Å². The lowest BCUT2D eigenvalue weighted by Crippen LogP contribution is -2.42. The van der Waals surface area contributed by atoms with E-state index in [0.717, 1.165) is 89.4 Å². The van der Waals surface area contributed by atoms with Gasteiger partial charge in [0.25, 0.3) is 0 Å². The molecule has 0 saturated heterocycles. The Morgan fingerprint density at radius 3 is 1.53 bits per heavy atom. The monoisotopic (exact) mass is 715 g/mol. The lowest BCUT2D eigenvalue weighted by atomic mass is 9.54. The second-order valence-electron chi connectivity index (χ2n) is 16.5. The number of rotatable bonds is 5. The predicted molar refractivity (Wildman–Crippen MR) is 223 cm³/mol. The Morgan fingerprint density at radius 1 is 0.455 bits per heavy atom. The fourth-order valence-corrected chi connectivity index (χ4v) is 10.5. The molecule has 55 heavy (non-hydrogen) atoms. The second kappa shape index (κ2) is 12.5. The van der Waals surface area contributed by atoms with Crippen molar-refractivity contribution in [2.75, 3.05) is 0 Å². The number of furan rings is 2. The lowest BCUT2D eigenvalue weighted by molar-refractivity contribution is 0.0780. The summed E-state index contributed by atoms with van der Waals surface area (Å²) in [6.07, 6.45) is 6.60. The molecule has 5 heteroatoms. The number of fused-ring (bicyclic) bond motifs is 8. The molecule has 6 aromatic carbocycles. The Labute approximate surface area is 320 Å². The summed E-state index contributed by atoms with van der Waals surface area (Å²) in [5, 5.41) is 4.37. The van der Waals surface area contributed by atoms with Gasteiger partial charge in [-0.2, -0.15) is 0 Å². The molecule has 2 fully saturated rings. The summed E-state index contributed by atoms with van der Waals surface area (Å²) < 4.78 is 12.9. The molecule has 9 aromatic rings. The van der Waals surface area contributed by atoms with Crippen LogP contribution in [0.1, 0.15) is 51.5 Å². The normalized spacial score (nSPS) is 21.2. The van der Waals surface area contributed by atoms with Crippen molar-refractivity contribution >= 4 is 43.9 Å². The van der Waals surface area contributed by atoms with Gasteiger partial charge in [0.2, 0.25) is 0 Å². The molecule has 3 aromatic heterocycles. The summed E-state index contributed by atoms with van der Waals surface area (Å²) in [6, 6.07) is 46.6. The number of benzene rings is 6. The molecule has 0 amide bonds. The van der Waals surface area contributed by atoms with Crippen molar-refractivity contribution in [2.24, 2.45) is 17.8 Å². The van der Waals surface area contributed by atoms with Gasteiger partial charge in [-0.05, 0) is 84.6 Å². The maximum Gasteiger partial charge on any atom is 0.167 e. The van der Waals surface area contributed by atoms with Crippen LogP contribution in [0, 0.1) is 17.8 Å². The maximum atomic E-state index is 6.48. The summed E-state index contributed by atoms with van der Waals surface area (Å²) in [7, 11) is 0. The van der Waals surface area contributed by atoms with E-state index in [1.54, 1.807) is 0 Å². The third-order valence-electron chi connectivity index (χ3n) is 12.5. The van der Waals surface area contributed by atoms with Crippen LogP contribution >= 0.6 is 0 Å². The van der Waals surface area contributed by atoms with Crippen LogP contribution in [0.2, 0.25) is 0 Å². The van der Waals surface area contributed by atoms with Gasteiger partial charge in [-0.25, -0.2) is 15.0 Å². The van der Waals surface area contributed by atoms with Crippen LogP contribution in [-0.2, 0) is 5.41 Å². The van der Waals surface area contributed by atoms with Crippen molar-refractivity contribution in [3.8, 4) is 45.3 Å². The van der Waals surface area contributed by atoms with Crippen LogP contribution < -0.4 is 0 Å². The van der Waals surface area contributed by atoms with Gasteiger partial charge in [-0.15, -0.1) is 0 Å². The molecule has 0 spiro atoms. The highest BCUT2D eigenvalue weighted by molar-refractivity contribution is 6.10. The van der Waals surface area contributed by atoms with Crippen molar-refractivity contribution in [2.45, 2.75) is 51.4 Å². The van der Waals surface area contributed by atoms with Gasteiger partial charge >= 0.3 is 0 Å². The van der Waals surface area contributed by atoms with E-state index in [4.69, 9.17) is 23.8 Å². The third-order valence-corrected chi connectivity index (χ3v) is 12.5. The molecule has 5 nitrogen and oxygen atoms in total. The molecule has 2 unspecified atom stereocenters. The smallest absolute Gasteiger partial charge is 0.167 e. The molecule has 2 aliphatic rings. The zero-order valence-electron chi connectivity index (χ0n) is 31.1. The molecule has 3 heterocycles. The Balaban J connectivity index is 1.03. The van der Waals surface area contributed by atoms with E-state index in [1.807, 2.05) is 30.3 Å². The quantitative estimate of drug-likeness (QED) is 0.177. The van der Waals surface area contributed by atoms with Crippen LogP contribution in [0.15, 0.2) is 142 Å². The Kier molecular flexibility index (Phi) is 7.35. The van der Waals surface area contributed by atoms with E-state index in [2.05, 4.69) is 117 Å². The maximum absolute atomic E-state index is 6.48. The van der Waals surface area contributed by atoms with Crippen LogP contribution in [0.25, 0.3) is 89.2 Å². The van der Waals surface area contributed by atoms with Gasteiger partial charge in [0, 0.05) is 38.2 Å². The van der Waals surface area contributed by atoms with Crippen molar-refractivity contribution in [3.63, 3.8) is 0 Å². The Hall–Kier alpha value is -6.07. The molecule has 2 atom stereocenters. The minimum atomic E-state index is 0.263. The standard InChI is InChI=1S/C50H41N3O2/c1-30-25-32-26-31(2)28-50(27-30,29-32)36-23-21-35(22-24-36)48-51-47(52-49(53-48)42-14-8-13-41-39-10-4-6-16-44(39)55-46(41)42)34-19-17-33(18-20-34)37-11-7-12-40-38-9-3-5-15-43(38)54-45(37)40/h3-24,30-32H,25-29H2,1-2H3. The summed E-state index contributed by atoms with van der Waals surface area (Å²) in [5.41, 5.74) is 10.0. The van der Waals surface area contributed by atoms with Crippen molar-refractivity contribution in [3.05, 3.63) is 139 Å². The first-order valence-corrected chi connectivity index (χ1v) is 19.8. The molecular formula is C50H41N3O2. The van der Waals surface area contributed by atoms with E-state index in [1.165, 1.54) is 37.7 Å². The van der Waals surface area contributed by atoms with Crippen LogP contribution in [0.4, 0.5) is 0 Å².